The van der Waals surface area contributed by atoms with Crippen LogP contribution >= 0.6 is 11.8 Å². The summed E-state index contributed by atoms with van der Waals surface area (Å²) in [7, 11) is 1.75. The van der Waals surface area contributed by atoms with Crippen molar-refractivity contribution in [3.05, 3.63) is 56.7 Å². The molecule has 5 nitrogen and oxygen atoms in total. The Morgan fingerprint density at radius 2 is 1.82 bits per heavy atom. The fourth-order valence-corrected chi connectivity index (χ4v) is 5.49. The van der Waals surface area contributed by atoms with Gasteiger partial charge in [0.25, 0.3) is 5.56 Å². The van der Waals surface area contributed by atoms with Gasteiger partial charge in [-0.25, -0.2) is 0 Å². The lowest BCUT2D eigenvalue weighted by atomic mass is 10.0. The molecule has 0 spiro atoms. The van der Waals surface area contributed by atoms with E-state index in [0.717, 1.165) is 36.0 Å². The smallest absolute Gasteiger partial charge is 0.355 e. The quantitative estimate of drug-likeness (QED) is 0.374. The first-order chi connectivity index (χ1) is 18.6. The van der Waals surface area contributed by atoms with Gasteiger partial charge in [-0.15, -0.1) is 24.6 Å². The van der Waals surface area contributed by atoms with Crippen LogP contribution in [0.2, 0.25) is 0 Å². The van der Waals surface area contributed by atoms with E-state index in [0.29, 0.717) is 31.4 Å². The molecule has 214 valence electrons. The number of rotatable bonds is 9. The highest BCUT2D eigenvalue weighted by Gasteiger charge is 2.32. The molecule has 3 rings (SSSR count). The second-order valence-corrected chi connectivity index (χ2v) is 10.5. The zero-order valence-electron chi connectivity index (χ0n) is 23.6. The number of hydrogen-bond acceptors (Lipinski definition) is 5. The highest BCUT2D eigenvalue weighted by atomic mass is 32.2. The molecule has 0 radical (unpaired) electrons. The number of terminal acetylenes is 1. The second-order valence-electron chi connectivity index (χ2n) is 9.61. The number of benzene rings is 1. The van der Waals surface area contributed by atoms with Gasteiger partial charge < -0.3 is 10.2 Å². The van der Waals surface area contributed by atoms with Crippen molar-refractivity contribution < 1.29 is 13.2 Å². The summed E-state index contributed by atoms with van der Waals surface area (Å²) in [4.78, 5) is 18.1. The Kier molecular flexibility index (Phi) is 12.7. The number of thioether (sulfide) groups is 1. The normalized spacial score (nSPS) is 16.5. The molecule has 2 heterocycles. The average Bonchev–Trinajstić information content (AvgIpc) is 2.92. The van der Waals surface area contributed by atoms with Crippen molar-refractivity contribution in [3.63, 3.8) is 0 Å². The molecule has 0 bridgehead atoms. The Morgan fingerprint density at radius 3 is 2.41 bits per heavy atom. The third kappa shape index (κ3) is 8.92. The van der Waals surface area contributed by atoms with E-state index in [1.165, 1.54) is 15.4 Å². The van der Waals surface area contributed by atoms with Crippen LogP contribution in [0.4, 0.5) is 19.0 Å². The molecule has 1 aromatic carbocycles. The standard InChI is InChI=1S/C28H39F3N4OS.C2H2/c1-6-9-23-24(20(2)21(3)32-13-12-22-10-7-8-11-25(22)37-5)18-26(33(4)27(23)36)35-16-14-34(15-17-35)19-28(29,30)31;1-2/h7-11,18,21,32H,6,12-17,19H2,1-5H3;1-2H/b23-9+,24-20+;/t21-;/m1./s1. The maximum atomic E-state index is 13.4. The largest absolute Gasteiger partial charge is 0.401 e. The van der Waals surface area contributed by atoms with Crippen LogP contribution in [-0.4, -0.2) is 67.2 Å². The van der Waals surface area contributed by atoms with E-state index in [1.54, 1.807) is 23.4 Å². The number of pyridine rings is 1. The van der Waals surface area contributed by atoms with Gasteiger partial charge in [0.1, 0.15) is 5.82 Å². The molecule has 0 unspecified atom stereocenters. The molecule has 1 atom stereocenters. The average molecular weight is 563 g/mol. The van der Waals surface area contributed by atoms with Crippen LogP contribution < -0.4 is 26.2 Å². The predicted molar refractivity (Wildman–Crippen MR) is 159 cm³/mol. The summed E-state index contributed by atoms with van der Waals surface area (Å²) in [6.45, 7) is 7.60. The van der Waals surface area contributed by atoms with Crippen molar-refractivity contribution in [1.29, 1.82) is 0 Å². The van der Waals surface area contributed by atoms with Crippen molar-refractivity contribution in [3.8, 4) is 12.8 Å². The van der Waals surface area contributed by atoms with Crippen molar-refractivity contribution in [2.45, 2.75) is 50.7 Å². The third-order valence-corrected chi connectivity index (χ3v) is 7.90. The molecule has 0 saturated carbocycles. The first-order valence-corrected chi connectivity index (χ1v) is 14.4. The SMILES string of the molecule is C#C.CC/C=c1/c(=O)n(C)c(N2CCN(CC(F)(F)F)CC2)c/c1=C(/C)[C@@H](C)NCCc1ccccc1SC. The minimum Gasteiger partial charge on any atom is -0.355 e. The zero-order valence-corrected chi connectivity index (χ0v) is 24.5. The lowest BCUT2D eigenvalue weighted by molar-refractivity contribution is -0.146. The summed E-state index contributed by atoms with van der Waals surface area (Å²) >= 11 is 1.75. The Bertz CT molecular complexity index is 1280. The third-order valence-electron chi connectivity index (χ3n) is 7.06. The van der Waals surface area contributed by atoms with Crippen molar-refractivity contribution >= 4 is 29.2 Å². The predicted octanol–water partition coefficient (Wildman–Crippen LogP) is 3.62. The lowest BCUT2D eigenvalue weighted by Gasteiger charge is -2.36. The fourth-order valence-electron chi connectivity index (χ4n) is 4.84. The van der Waals surface area contributed by atoms with Crippen molar-refractivity contribution in [1.82, 2.24) is 14.8 Å². The molecule has 1 aliphatic heterocycles. The molecule has 1 aromatic heterocycles. The van der Waals surface area contributed by atoms with Gasteiger partial charge in [-0.3, -0.25) is 14.3 Å². The minimum atomic E-state index is -4.20. The summed E-state index contributed by atoms with van der Waals surface area (Å²) in [6, 6.07) is 10.5. The van der Waals surface area contributed by atoms with Crippen molar-refractivity contribution in [2.24, 2.45) is 7.05 Å². The van der Waals surface area contributed by atoms with Gasteiger partial charge in [0, 0.05) is 49.4 Å². The van der Waals surface area contributed by atoms with Gasteiger partial charge in [0.2, 0.25) is 0 Å². The van der Waals surface area contributed by atoms with Gasteiger partial charge in [0.15, 0.2) is 0 Å². The van der Waals surface area contributed by atoms with Gasteiger partial charge in [-0.1, -0.05) is 31.2 Å². The number of piperazine rings is 1. The Labute approximate surface area is 234 Å². The molecular weight excluding hydrogens is 521 g/mol. The second kappa shape index (κ2) is 15.2. The Morgan fingerprint density at radius 1 is 1.18 bits per heavy atom. The number of halogens is 3. The summed E-state index contributed by atoms with van der Waals surface area (Å²) in [5.74, 6) is 0.750. The zero-order chi connectivity index (χ0) is 29.2. The van der Waals surface area contributed by atoms with Gasteiger partial charge in [0.05, 0.1) is 6.54 Å². The molecule has 2 aromatic rings. The molecule has 1 aliphatic rings. The van der Waals surface area contributed by atoms with E-state index < -0.39 is 12.7 Å². The summed E-state index contributed by atoms with van der Waals surface area (Å²) in [5, 5.41) is 5.20. The van der Waals surface area contributed by atoms with Crippen LogP contribution in [0.3, 0.4) is 0 Å². The molecule has 0 amide bonds. The van der Waals surface area contributed by atoms with Gasteiger partial charge in [-0.2, -0.15) is 13.2 Å². The van der Waals surface area contributed by atoms with E-state index in [2.05, 4.69) is 62.5 Å². The van der Waals surface area contributed by atoms with E-state index >= 15 is 0 Å². The molecule has 1 fully saturated rings. The fraction of sp³-hybridized carbons (Fsp3) is 0.500. The first-order valence-electron chi connectivity index (χ1n) is 13.2. The van der Waals surface area contributed by atoms with Gasteiger partial charge >= 0.3 is 6.18 Å². The van der Waals surface area contributed by atoms with Gasteiger partial charge in [-0.05, 0) is 68.0 Å². The van der Waals surface area contributed by atoms with Crippen LogP contribution in [0.15, 0.2) is 40.0 Å². The van der Waals surface area contributed by atoms with E-state index in [9.17, 15) is 18.0 Å². The lowest BCUT2D eigenvalue weighted by Crippen LogP contribution is -2.53. The van der Waals surface area contributed by atoms with Crippen LogP contribution in [0.5, 0.6) is 0 Å². The summed E-state index contributed by atoms with van der Waals surface area (Å²) in [6.07, 6.45) is 9.49. The number of nitrogens with zero attached hydrogens (tertiary/aromatic N) is 3. The Hall–Kier alpha value is -2.67. The van der Waals surface area contributed by atoms with Crippen molar-refractivity contribution in [2.75, 3.05) is 50.4 Å². The Balaban J connectivity index is 0.00000260. The number of nitrogens with one attached hydrogen (secondary N) is 1. The number of hydrogen-bond donors (Lipinski definition) is 1. The van der Waals surface area contributed by atoms with Crippen LogP contribution in [0.25, 0.3) is 11.6 Å². The van der Waals surface area contributed by atoms with Crippen LogP contribution in [0.1, 0.15) is 32.8 Å². The number of alkyl halides is 3. The highest BCUT2D eigenvalue weighted by molar-refractivity contribution is 7.98. The summed E-state index contributed by atoms with van der Waals surface area (Å²) in [5.41, 5.74) is 2.31. The highest BCUT2D eigenvalue weighted by Crippen LogP contribution is 2.21. The molecule has 1 N–H and O–H groups in total. The van der Waals surface area contributed by atoms with Crippen LogP contribution in [-0.2, 0) is 13.5 Å². The molecule has 1 saturated heterocycles. The molecular formula is C30H41F3N4OS. The molecule has 0 aliphatic carbocycles. The maximum Gasteiger partial charge on any atom is 0.401 e. The van der Waals surface area contributed by atoms with E-state index in [1.807, 2.05) is 24.0 Å². The topological polar surface area (TPSA) is 40.5 Å². The molecule has 9 heteroatoms. The van der Waals surface area contributed by atoms with E-state index in [4.69, 9.17) is 0 Å². The minimum absolute atomic E-state index is 0.0500. The summed E-state index contributed by atoms with van der Waals surface area (Å²) < 4.78 is 40.1. The van der Waals surface area contributed by atoms with Crippen LogP contribution in [0, 0.1) is 12.8 Å². The molecule has 39 heavy (non-hydrogen) atoms. The number of aromatic nitrogens is 1. The monoisotopic (exact) mass is 562 g/mol. The number of anilines is 1. The van der Waals surface area contributed by atoms with E-state index in [-0.39, 0.29) is 11.6 Å². The maximum absolute atomic E-state index is 13.4. The first kappa shape index (κ1) is 32.5.